The molecule has 25 nitrogen and oxygen atoms in total. The molecule has 3 aliphatic rings. The lowest BCUT2D eigenvalue weighted by Gasteiger charge is -2.11. The molecule has 3 aromatic heterocycles. The molecule has 402 valence electrons. The summed E-state index contributed by atoms with van der Waals surface area (Å²) in [5.74, 6) is -2.25. The summed E-state index contributed by atoms with van der Waals surface area (Å²) in [6.45, 7) is 5.59. The third kappa shape index (κ3) is 13.3. The summed E-state index contributed by atoms with van der Waals surface area (Å²) in [7, 11) is 2.65. The first-order valence-corrected chi connectivity index (χ1v) is 26.1. The average Bonchev–Trinajstić information content (AvgIpc) is 4.35. The minimum Gasteiger partial charge on any atom is -0.383 e. The molecule has 3 aliphatic carbocycles. The van der Waals surface area contributed by atoms with Crippen molar-refractivity contribution in [3.63, 3.8) is 0 Å². The first kappa shape index (κ1) is 56.1. The van der Waals surface area contributed by atoms with Crippen LogP contribution in [-0.2, 0) is 18.4 Å². The summed E-state index contributed by atoms with van der Waals surface area (Å²) in [4.78, 5) is 81.1. The fraction of sp³-hybridized carbons (Fsp3) is 0.312. The van der Waals surface area contributed by atoms with Crippen LogP contribution < -0.4 is 50.4 Å². The van der Waals surface area contributed by atoms with Crippen LogP contribution in [0.2, 0.25) is 0 Å². The fourth-order valence-corrected chi connectivity index (χ4v) is 8.94. The van der Waals surface area contributed by atoms with Crippen molar-refractivity contribution in [2.75, 3.05) is 37.7 Å². The highest BCUT2D eigenvalue weighted by molar-refractivity contribution is 7.98. The van der Waals surface area contributed by atoms with Crippen LogP contribution in [0.3, 0.4) is 0 Å². The second-order valence-electron chi connectivity index (χ2n) is 17.6. The molecular formula is C48H57N15O10S3. The van der Waals surface area contributed by atoms with E-state index in [1.165, 1.54) is 40.0 Å². The molecule has 3 heterocycles. The smallest absolute Gasteiger partial charge is 0.255 e. The van der Waals surface area contributed by atoms with Gasteiger partial charge in [0.15, 0.2) is 10.1 Å². The van der Waals surface area contributed by atoms with Gasteiger partial charge >= 0.3 is 0 Å². The molecule has 0 spiro atoms. The molecule has 6 aromatic rings. The highest BCUT2D eigenvalue weighted by atomic mass is 32.2. The molecule has 6 amide bonds. The van der Waals surface area contributed by atoms with Gasteiger partial charge in [0.2, 0.25) is 0 Å². The average molecular weight is 1100 g/mol. The van der Waals surface area contributed by atoms with E-state index in [4.69, 9.17) is 43.1 Å². The van der Waals surface area contributed by atoms with Gasteiger partial charge in [-0.3, -0.25) is 28.8 Å². The maximum Gasteiger partial charge on any atom is 0.255 e. The van der Waals surface area contributed by atoms with Crippen molar-refractivity contribution in [3.8, 4) is 17.1 Å². The number of hydrogen-bond acceptors (Lipinski definition) is 19. The maximum atomic E-state index is 12.3. The van der Waals surface area contributed by atoms with E-state index >= 15 is 0 Å². The predicted octanol–water partition coefficient (Wildman–Crippen LogP) is 4.15. The first-order valence-electron chi connectivity index (χ1n) is 23.4. The third-order valence-electron chi connectivity index (χ3n) is 11.8. The lowest BCUT2D eigenvalue weighted by molar-refractivity contribution is -0.160. The van der Waals surface area contributed by atoms with Crippen molar-refractivity contribution >= 4 is 88.7 Å². The van der Waals surface area contributed by atoms with Crippen LogP contribution in [0.25, 0.3) is 17.1 Å². The second kappa shape index (κ2) is 24.4. The number of nitrogens with zero attached hydrogens (tertiary/aromatic N) is 6. The van der Waals surface area contributed by atoms with Crippen molar-refractivity contribution in [1.29, 1.82) is 0 Å². The Hall–Kier alpha value is -7.60. The molecule has 0 aliphatic heterocycles. The van der Waals surface area contributed by atoms with E-state index < -0.39 is 17.7 Å². The van der Waals surface area contributed by atoms with E-state index in [1.807, 2.05) is 26.8 Å². The Morgan fingerprint density at radius 1 is 0.500 bits per heavy atom. The van der Waals surface area contributed by atoms with Gasteiger partial charge in [-0.2, -0.15) is 24.0 Å². The number of nitrogens with one attached hydrogen (secondary N) is 3. The Balaban J connectivity index is 0.000000166. The minimum absolute atomic E-state index is 0.0271. The van der Waals surface area contributed by atoms with E-state index in [-0.39, 0.29) is 80.0 Å². The number of aryl methyl sites for hydroxylation is 3. The Morgan fingerprint density at radius 2 is 0.776 bits per heavy atom. The summed E-state index contributed by atoms with van der Waals surface area (Å²) in [6.07, 6.45) is 7.84. The van der Waals surface area contributed by atoms with Gasteiger partial charge in [-0.05, 0) is 119 Å². The van der Waals surface area contributed by atoms with E-state index in [2.05, 4.69) is 41.0 Å². The Morgan fingerprint density at radius 3 is 1.01 bits per heavy atom. The van der Waals surface area contributed by atoms with Gasteiger partial charge in [0.1, 0.15) is 39.2 Å². The number of benzene rings is 3. The lowest BCUT2D eigenvalue weighted by Crippen LogP contribution is -2.25. The molecule has 3 fully saturated rings. The number of aromatic nitrogens is 6. The van der Waals surface area contributed by atoms with E-state index in [1.54, 1.807) is 54.8 Å². The van der Waals surface area contributed by atoms with Crippen molar-refractivity contribution < 1.29 is 47.2 Å². The number of amides is 6. The van der Waals surface area contributed by atoms with Crippen molar-refractivity contribution in [1.82, 2.24) is 45.3 Å². The van der Waals surface area contributed by atoms with Crippen LogP contribution in [0, 0.1) is 20.8 Å². The van der Waals surface area contributed by atoms with Crippen molar-refractivity contribution in [2.24, 2.45) is 17.2 Å². The van der Waals surface area contributed by atoms with E-state index in [9.17, 15) is 28.8 Å². The number of carbonyl (C=O) groups excluding carboxylic acids is 6. The molecular weight excluding hydrogens is 1040 g/mol. The van der Waals surface area contributed by atoms with Gasteiger partial charge in [0, 0.05) is 34.8 Å². The maximum absolute atomic E-state index is 12.3. The summed E-state index contributed by atoms with van der Waals surface area (Å²) < 4.78 is 13.7. The number of nitrogen functional groups attached to an aromatic ring is 3. The molecule has 3 saturated carbocycles. The van der Waals surface area contributed by atoms with Crippen LogP contribution in [0.5, 0.6) is 0 Å². The molecule has 0 saturated heterocycles. The molecule has 0 unspecified atom stereocenters. The third-order valence-corrected chi connectivity index (χ3v) is 13.8. The molecule has 3 aromatic carbocycles. The molecule has 0 radical (unpaired) electrons. The summed E-state index contributed by atoms with van der Waals surface area (Å²) in [6, 6.07) is 16.5. The second-order valence-corrected chi connectivity index (χ2v) is 19.8. The normalized spacial score (nSPS) is 13.7. The zero-order valence-corrected chi connectivity index (χ0v) is 44.6. The Kier molecular flexibility index (Phi) is 18.0. The largest absolute Gasteiger partial charge is 0.383 e. The van der Waals surface area contributed by atoms with Crippen LogP contribution in [0.1, 0.15) is 117 Å². The molecule has 0 atom stereocenters. The number of rotatable bonds is 19. The lowest BCUT2D eigenvalue weighted by atomic mass is 10.1. The van der Waals surface area contributed by atoms with E-state index in [0.717, 1.165) is 79.3 Å². The number of primary amides is 3. The Labute approximate surface area is 448 Å². The first-order chi connectivity index (χ1) is 36.3. The highest BCUT2D eigenvalue weighted by Crippen LogP contribution is 2.33. The number of nitrogens with two attached hydrogens (primary N) is 6. The SMILES string of the molecule is COOSc1nn(-c2cc(C(=O)NC3CC3)ccc2C)c(N)c1C(N)=O.COOSc1nn(-c2cc(C(=O)NC3CC3)ccc2C)c(N)c1C(N)=O.CSc1nn(-c2cc(C(=O)NC3CC3)ccc2C)c(N)c1C(N)=O. The van der Waals surface area contributed by atoms with Crippen LogP contribution in [0.15, 0.2) is 69.7 Å². The molecule has 0 bridgehead atoms. The predicted molar refractivity (Wildman–Crippen MR) is 285 cm³/mol. The topological polar surface area (TPSA) is 385 Å². The van der Waals surface area contributed by atoms with Gasteiger partial charge in [-0.1, -0.05) is 18.2 Å². The number of thioether (sulfide) groups is 1. The van der Waals surface area contributed by atoms with Crippen LogP contribution in [-0.4, -0.2) is 103 Å². The highest BCUT2D eigenvalue weighted by Gasteiger charge is 2.29. The molecule has 15 N–H and O–H groups in total. The molecule has 76 heavy (non-hydrogen) atoms. The van der Waals surface area contributed by atoms with Crippen molar-refractivity contribution in [2.45, 2.75) is 92.5 Å². The fourth-order valence-electron chi connectivity index (χ4n) is 7.29. The molecule has 28 heteroatoms. The molecule has 9 rings (SSSR count). The van der Waals surface area contributed by atoms with Gasteiger partial charge in [0.05, 0.1) is 55.4 Å². The zero-order valence-electron chi connectivity index (χ0n) is 42.1. The number of hydrogen-bond donors (Lipinski definition) is 9. The van der Waals surface area contributed by atoms with Crippen LogP contribution >= 0.6 is 35.8 Å². The van der Waals surface area contributed by atoms with Crippen LogP contribution in [0.4, 0.5) is 17.5 Å². The van der Waals surface area contributed by atoms with Gasteiger partial charge in [0.25, 0.3) is 35.4 Å². The zero-order chi connectivity index (χ0) is 55.1. The minimum atomic E-state index is -0.740. The monoisotopic (exact) mass is 1100 g/mol. The van der Waals surface area contributed by atoms with Gasteiger partial charge < -0.3 is 50.4 Å². The quantitative estimate of drug-likeness (QED) is 0.0238. The standard InChI is InChI=1S/2C16H19N5O4S.C16H19N5O2S/c2*1-8-3-4-9(15(23)19-10-5-6-10)7-11(8)21-13(17)12(14(18)22)16(20-21)26-25-24-2;1-8-3-4-9(15(23)19-10-5-6-10)7-11(8)21-13(17)12(14(18)22)16(20-21)24-2/h2*3-4,7,10H,5-6,17H2,1-2H3,(H2,18,22)(H,19,23);3-4,7,10H,5-6,17H2,1-2H3,(H2,18,22)(H,19,23). The summed E-state index contributed by atoms with van der Waals surface area (Å²) in [5.41, 5.74) is 40.6. The number of anilines is 3. The van der Waals surface area contributed by atoms with Gasteiger partial charge in [-0.15, -0.1) is 11.8 Å². The van der Waals surface area contributed by atoms with Gasteiger partial charge in [-0.25, -0.2) is 23.8 Å². The number of carbonyl (C=O) groups is 6. The van der Waals surface area contributed by atoms with Crippen molar-refractivity contribution in [3.05, 3.63) is 105 Å². The summed E-state index contributed by atoms with van der Waals surface area (Å²) >= 11 is 2.74. The summed E-state index contributed by atoms with van der Waals surface area (Å²) in [5, 5.41) is 22.6. The van der Waals surface area contributed by atoms with E-state index in [0.29, 0.717) is 38.8 Å². The Bertz CT molecular complexity index is 3080.